The number of hydrogen-bond donors (Lipinski definition) is 1. The second-order valence-corrected chi connectivity index (χ2v) is 3.64. The monoisotopic (exact) mass is 240 g/mol. The van der Waals surface area contributed by atoms with Crippen LogP contribution >= 0.6 is 0 Å². The standard InChI is InChI=1S/C10H12N2O5/c13-9(12-2-1-4-16-5-3-12)7-6-8(10(14)15)17-11-7/h6H,1-5H2,(H,14,15). The maximum absolute atomic E-state index is 11.9. The molecule has 92 valence electrons. The van der Waals surface area contributed by atoms with Crippen LogP contribution in [0.15, 0.2) is 10.6 Å². The quantitative estimate of drug-likeness (QED) is 0.795. The molecule has 0 aromatic carbocycles. The van der Waals surface area contributed by atoms with E-state index < -0.39 is 5.97 Å². The number of nitrogens with zero attached hydrogens (tertiary/aromatic N) is 2. The molecule has 1 N–H and O–H groups in total. The molecule has 0 saturated carbocycles. The molecular formula is C10H12N2O5. The molecule has 1 aliphatic heterocycles. The summed E-state index contributed by atoms with van der Waals surface area (Å²) in [6.45, 7) is 2.17. The van der Waals surface area contributed by atoms with Gasteiger partial charge in [0.1, 0.15) is 0 Å². The zero-order valence-electron chi connectivity index (χ0n) is 9.09. The fourth-order valence-corrected chi connectivity index (χ4v) is 1.59. The Labute approximate surface area is 96.9 Å². The summed E-state index contributed by atoms with van der Waals surface area (Å²) < 4.78 is 9.76. The molecule has 0 aliphatic carbocycles. The second kappa shape index (κ2) is 4.96. The van der Waals surface area contributed by atoms with Crippen LogP contribution in [0.1, 0.15) is 27.5 Å². The van der Waals surface area contributed by atoms with Crippen molar-refractivity contribution < 1.29 is 24.0 Å². The smallest absolute Gasteiger partial charge is 0.374 e. The summed E-state index contributed by atoms with van der Waals surface area (Å²) in [6.07, 6.45) is 0.759. The summed E-state index contributed by atoms with van der Waals surface area (Å²) in [6, 6.07) is 1.14. The highest BCUT2D eigenvalue weighted by Gasteiger charge is 2.22. The number of carboxylic acids is 1. The van der Waals surface area contributed by atoms with Crippen LogP contribution < -0.4 is 0 Å². The van der Waals surface area contributed by atoms with Gasteiger partial charge in [-0.1, -0.05) is 5.16 Å². The van der Waals surface area contributed by atoms with Crippen LogP contribution in [0.4, 0.5) is 0 Å². The molecule has 1 aliphatic rings. The first-order valence-corrected chi connectivity index (χ1v) is 5.25. The second-order valence-electron chi connectivity index (χ2n) is 3.64. The van der Waals surface area contributed by atoms with E-state index in [2.05, 4.69) is 9.68 Å². The number of aromatic nitrogens is 1. The average Bonchev–Trinajstić information content (AvgIpc) is 2.65. The van der Waals surface area contributed by atoms with E-state index in [1.54, 1.807) is 4.90 Å². The van der Waals surface area contributed by atoms with Crippen molar-refractivity contribution in [1.29, 1.82) is 0 Å². The van der Waals surface area contributed by atoms with Crippen LogP contribution in [-0.4, -0.2) is 53.3 Å². The van der Waals surface area contributed by atoms with Gasteiger partial charge in [0.2, 0.25) is 5.76 Å². The summed E-state index contributed by atoms with van der Waals surface area (Å²) in [5.74, 6) is -1.90. The maximum atomic E-state index is 11.9. The normalized spacial score (nSPS) is 16.6. The Morgan fingerprint density at radius 1 is 1.35 bits per heavy atom. The molecule has 1 saturated heterocycles. The van der Waals surface area contributed by atoms with E-state index in [1.807, 2.05) is 0 Å². The Balaban J connectivity index is 2.09. The van der Waals surface area contributed by atoms with Gasteiger partial charge < -0.3 is 19.3 Å². The highest BCUT2D eigenvalue weighted by atomic mass is 16.5. The first-order valence-electron chi connectivity index (χ1n) is 5.25. The summed E-state index contributed by atoms with van der Waals surface area (Å²) in [5, 5.41) is 12.1. The number of ether oxygens (including phenoxy) is 1. The lowest BCUT2D eigenvalue weighted by Crippen LogP contribution is -2.33. The topological polar surface area (TPSA) is 92.9 Å². The summed E-state index contributed by atoms with van der Waals surface area (Å²) in [5.41, 5.74) is 0.0179. The molecule has 2 heterocycles. The van der Waals surface area contributed by atoms with Gasteiger partial charge in [-0.15, -0.1) is 0 Å². The van der Waals surface area contributed by atoms with E-state index in [0.29, 0.717) is 26.3 Å². The molecule has 2 rings (SSSR count). The van der Waals surface area contributed by atoms with Crippen molar-refractivity contribution in [3.8, 4) is 0 Å². The number of carbonyl (C=O) groups is 2. The molecule has 0 atom stereocenters. The average molecular weight is 240 g/mol. The Morgan fingerprint density at radius 2 is 2.18 bits per heavy atom. The van der Waals surface area contributed by atoms with E-state index in [1.165, 1.54) is 0 Å². The Hall–Kier alpha value is -1.89. The number of carboxylic acid groups (broad SMARTS) is 1. The number of carbonyl (C=O) groups excluding carboxylic acids is 1. The van der Waals surface area contributed by atoms with Crippen molar-refractivity contribution in [1.82, 2.24) is 10.1 Å². The van der Waals surface area contributed by atoms with E-state index in [4.69, 9.17) is 9.84 Å². The van der Waals surface area contributed by atoms with Crippen molar-refractivity contribution in [3.63, 3.8) is 0 Å². The van der Waals surface area contributed by atoms with Crippen molar-refractivity contribution >= 4 is 11.9 Å². The molecule has 7 nitrogen and oxygen atoms in total. The summed E-state index contributed by atoms with van der Waals surface area (Å²) in [7, 11) is 0. The summed E-state index contributed by atoms with van der Waals surface area (Å²) in [4.78, 5) is 24.1. The fourth-order valence-electron chi connectivity index (χ4n) is 1.59. The third-order valence-electron chi connectivity index (χ3n) is 2.45. The highest BCUT2D eigenvalue weighted by Crippen LogP contribution is 2.09. The van der Waals surface area contributed by atoms with Crippen LogP contribution in [0.2, 0.25) is 0 Å². The lowest BCUT2D eigenvalue weighted by Gasteiger charge is -2.17. The summed E-state index contributed by atoms with van der Waals surface area (Å²) >= 11 is 0. The Bertz CT molecular complexity index is 420. The minimum absolute atomic E-state index is 0.0179. The van der Waals surface area contributed by atoms with Gasteiger partial charge >= 0.3 is 5.97 Å². The number of amides is 1. The molecule has 1 aromatic heterocycles. The molecule has 0 unspecified atom stereocenters. The minimum atomic E-state index is -1.24. The maximum Gasteiger partial charge on any atom is 0.374 e. The number of hydrogen-bond acceptors (Lipinski definition) is 5. The van der Waals surface area contributed by atoms with E-state index in [0.717, 1.165) is 12.5 Å². The van der Waals surface area contributed by atoms with E-state index in [9.17, 15) is 9.59 Å². The molecule has 0 spiro atoms. The van der Waals surface area contributed by atoms with Crippen LogP contribution in [0.25, 0.3) is 0 Å². The molecular weight excluding hydrogens is 228 g/mol. The van der Waals surface area contributed by atoms with Crippen LogP contribution in [0, 0.1) is 0 Å². The van der Waals surface area contributed by atoms with Crippen molar-refractivity contribution in [2.24, 2.45) is 0 Å². The van der Waals surface area contributed by atoms with Gasteiger partial charge in [0, 0.05) is 25.8 Å². The predicted octanol–water partition coefficient (Wildman–Crippen LogP) is 0.235. The fraction of sp³-hybridized carbons (Fsp3) is 0.500. The van der Waals surface area contributed by atoms with Gasteiger partial charge in [-0.05, 0) is 6.42 Å². The molecule has 1 fully saturated rings. The molecule has 17 heavy (non-hydrogen) atoms. The van der Waals surface area contributed by atoms with Crippen LogP contribution in [0.3, 0.4) is 0 Å². The predicted molar refractivity (Wildman–Crippen MR) is 54.8 cm³/mol. The zero-order chi connectivity index (χ0) is 12.3. The largest absolute Gasteiger partial charge is 0.475 e. The van der Waals surface area contributed by atoms with Gasteiger partial charge in [-0.25, -0.2) is 4.79 Å². The molecule has 1 aromatic rings. The third kappa shape index (κ3) is 2.62. The van der Waals surface area contributed by atoms with E-state index in [-0.39, 0.29) is 17.4 Å². The van der Waals surface area contributed by atoms with Gasteiger partial charge in [0.05, 0.1) is 6.61 Å². The zero-order valence-corrected chi connectivity index (χ0v) is 9.09. The van der Waals surface area contributed by atoms with Crippen LogP contribution in [0.5, 0.6) is 0 Å². The van der Waals surface area contributed by atoms with Gasteiger partial charge in [0.15, 0.2) is 5.69 Å². The number of rotatable bonds is 2. The lowest BCUT2D eigenvalue weighted by molar-refractivity contribution is 0.0648. The third-order valence-corrected chi connectivity index (χ3v) is 2.45. The van der Waals surface area contributed by atoms with Gasteiger partial charge in [-0.3, -0.25) is 4.79 Å². The van der Waals surface area contributed by atoms with Crippen molar-refractivity contribution in [3.05, 3.63) is 17.5 Å². The molecule has 1 amide bonds. The number of aromatic carboxylic acids is 1. The van der Waals surface area contributed by atoms with Crippen molar-refractivity contribution in [2.75, 3.05) is 26.3 Å². The van der Waals surface area contributed by atoms with Gasteiger partial charge in [-0.2, -0.15) is 0 Å². The van der Waals surface area contributed by atoms with Gasteiger partial charge in [0.25, 0.3) is 5.91 Å². The van der Waals surface area contributed by atoms with Crippen LogP contribution in [-0.2, 0) is 4.74 Å². The lowest BCUT2D eigenvalue weighted by atomic mass is 10.3. The Morgan fingerprint density at radius 3 is 2.88 bits per heavy atom. The molecule has 0 bridgehead atoms. The SMILES string of the molecule is O=C(O)c1cc(C(=O)N2CCCOCC2)no1. The van der Waals surface area contributed by atoms with Crippen molar-refractivity contribution in [2.45, 2.75) is 6.42 Å². The first-order chi connectivity index (χ1) is 8.18. The first kappa shape index (κ1) is 11.6. The Kier molecular flexibility index (Phi) is 3.38. The van der Waals surface area contributed by atoms with E-state index >= 15 is 0 Å². The highest BCUT2D eigenvalue weighted by molar-refractivity contribution is 5.94. The molecule has 0 radical (unpaired) electrons. The molecule has 7 heteroatoms. The minimum Gasteiger partial charge on any atom is -0.475 e.